The monoisotopic (exact) mass is 471 g/mol. The number of fused-ring (bicyclic) bond motifs is 1. The molecule has 0 aliphatic carbocycles. The lowest BCUT2D eigenvalue weighted by molar-refractivity contribution is 0.599. The molecule has 5 rings (SSSR count). The Kier molecular flexibility index (Phi) is 5.13. The van der Waals surface area contributed by atoms with Gasteiger partial charge in [0, 0.05) is 30.7 Å². The van der Waals surface area contributed by atoms with Crippen molar-refractivity contribution in [1.29, 1.82) is 0 Å². The molecule has 0 spiro atoms. The van der Waals surface area contributed by atoms with E-state index in [1.54, 1.807) is 12.1 Å². The molecule has 10 heteroatoms. The van der Waals surface area contributed by atoms with Crippen LogP contribution < -0.4 is 9.21 Å². The Morgan fingerprint density at radius 2 is 1.94 bits per heavy atom. The number of nitrogens with zero attached hydrogens (tertiary/aromatic N) is 5. The number of benzene rings is 1. The first-order valence-corrected chi connectivity index (χ1v) is 12.8. The summed E-state index contributed by atoms with van der Waals surface area (Å²) in [5, 5.41) is 2.70. The van der Waals surface area contributed by atoms with Crippen LogP contribution in [0, 0.1) is 5.82 Å². The van der Waals surface area contributed by atoms with Crippen molar-refractivity contribution in [1.82, 2.24) is 14.4 Å². The van der Waals surface area contributed by atoms with Crippen LogP contribution in [0.1, 0.15) is 19.0 Å². The van der Waals surface area contributed by atoms with Gasteiger partial charge in [0.2, 0.25) is 10.0 Å². The zero-order chi connectivity index (χ0) is 22.5. The molecule has 3 aromatic heterocycles. The largest absolute Gasteiger partial charge is 0.305 e. The third kappa shape index (κ3) is 3.53. The number of hydrogen-bond acceptors (Lipinski definition) is 6. The van der Waals surface area contributed by atoms with Crippen molar-refractivity contribution >= 4 is 43.6 Å². The number of anilines is 3. The van der Waals surface area contributed by atoms with Crippen molar-refractivity contribution in [3.8, 4) is 11.3 Å². The van der Waals surface area contributed by atoms with E-state index in [1.807, 2.05) is 47.0 Å². The predicted molar refractivity (Wildman–Crippen MR) is 126 cm³/mol. The molecular formula is C22H22FN5O2S2. The van der Waals surface area contributed by atoms with E-state index in [-0.39, 0.29) is 11.6 Å². The molecule has 32 heavy (non-hydrogen) atoms. The molecular weight excluding hydrogens is 449 g/mol. The Balaban J connectivity index is 1.57. The maximum absolute atomic E-state index is 13.3. The minimum absolute atomic E-state index is 0.174. The molecule has 1 aliphatic rings. The van der Waals surface area contributed by atoms with Gasteiger partial charge in [0.25, 0.3) is 0 Å². The molecule has 4 heterocycles. The zero-order valence-electron chi connectivity index (χ0n) is 17.7. The number of imidazole rings is 1. The predicted octanol–water partition coefficient (Wildman–Crippen LogP) is 4.47. The van der Waals surface area contributed by atoms with Crippen molar-refractivity contribution in [3.05, 3.63) is 59.5 Å². The summed E-state index contributed by atoms with van der Waals surface area (Å²) in [4.78, 5) is 11.5. The molecule has 0 unspecified atom stereocenters. The molecule has 1 aromatic carbocycles. The normalized spacial score (nSPS) is 15.5. The highest BCUT2D eigenvalue weighted by molar-refractivity contribution is 7.93. The third-order valence-electron chi connectivity index (χ3n) is 5.61. The van der Waals surface area contributed by atoms with Crippen LogP contribution in [0.4, 0.5) is 21.0 Å². The molecule has 0 amide bonds. The molecule has 7 nitrogen and oxygen atoms in total. The van der Waals surface area contributed by atoms with E-state index in [0.717, 1.165) is 40.0 Å². The van der Waals surface area contributed by atoms with E-state index >= 15 is 0 Å². The van der Waals surface area contributed by atoms with E-state index in [0.29, 0.717) is 18.7 Å². The quantitative estimate of drug-likeness (QED) is 0.430. The Morgan fingerprint density at radius 3 is 2.62 bits per heavy atom. The average molecular weight is 472 g/mol. The Hall–Kier alpha value is -2.98. The van der Waals surface area contributed by atoms with Gasteiger partial charge in [-0.25, -0.2) is 22.8 Å². The van der Waals surface area contributed by atoms with Crippen molar-refractivity contribution in [2.75, 3.05) is 28.6 Å². The van der Waals surface area contributed by atoms with Crippen LogP contribution in [0.2, 0.25) is 0 Å². The summed E-state index contributed by atoms with van der Waals surface area (Å²) in [5.74, 6) is 0.740. The molecule has 0 bridgehead atoms. The fourth-order valence-corrected chi connectivity index (χ4v) is 6.35. The van der Waals surface area contributed by atoms with Gasteiger partial charge in [-0.2, -0.15) is 0 Å². The Morgan fingerprint density at radius 1 is 1.16 bits per heavy atom. The lowest BCUT2D eigenvalue weighted by Crippen LogP contribution is -2.25. The third-order valence-corrected chi connectivity index (χ3v) is 8.39. The van der Waals surface area contributed by atoms with Crippen molar-refractivity contribution in [3.63, 3.8) is 0 Å². The van der Waals surface area contributed by atoms with Gasteiger partial charge in [0.1, 0.15) is 17.3 Å². The summed E-state index contributed by atoms with van der Waals surface area (Å²) in [6.07, 6.45) is 3.18. The summed E-state index contributed by atoms with van der Waals surface area (Å²) < 4.78 is 41.5. The van der Waals surface area contributed by atoms with E-state index in [2.05, 4.69) is 0 Å². The van der Waals surface area contributed by atoms with Crippen LogP contribution in [0.15, 0.2) is 48.0 Å². The van der Waals surface area contributed by atoms with Gasteiger partial charge in [-0.3, -0.25) is 8.71 Å². The number of hydrogen-bond donors (Lipinski definition) is 0. The Labute approximate surface area is 189 Å². The first kappa shape index (κ1) is 20.9. The average Bonchev–Trinajstić information content (AvgIpc) is 3.49. The molecule has 166 valence electrons. The van der Waals surface area contributed by atoms with Crippen molar-refractivity contribution < 1.29 is 12.8 Å². The number of aryl methyl sites for hydroxylation is 1. The molecule has 1 fully saturated rings. The van der Waals surface area contributed by atoms with E-state index < -0.39 is 10.0 Å². The molecule has 1 aliphatic heterocycles. The van der Waals surface area contributed by atoms with Crippen LogP contribution in [0.5, 0.6) is 0 Å². The number of pyridine rings is 1. The molecule has 0 saturated carbocycles. The summed E-state index contributed by atoms with van der Waals surface area (Å²) in [5.41, 5.74) is 3.90. The highest BCUT2D eigenvalue weighted by Gasteiger charge is 2.29. The highest BCUT2D eigenvalue weighted by atomic mass is 32.2. The van der Waals surface area contributed by atoms with Gasteiger partial charge in [0.15, 0.2) is 5.13 Å². The van der Waals surface area contributed by atoms with Crippen LogP contribution in [0.25, 0.3) is 16.9 Å². The maximum atomic E-state index is 13.3. The molecule has 0 radical (unpaired) electrons. The fourth-order valence-electron chi connectivity index (χ4n) is 4.00. The lowest BCUT2D eigenvalue weighted by atomic mass is 10.2. The van der Waals surface area contributed by atoms with Gasteiger partial charge < -0.3 is 4.90 Å². The summed E-state index contributed by atoms with van der Waals surface area (Å²) in [6.45, 7) is 2.53. The number of rotatable bonds is 5. The Bertz CT molecular complexity index is 1400. The van der Waals surface area contributed by atoms with E-state index in [9.17, 15) is 12.8 Å². The standard InChI is InChI=1S/C22H22FN5O2S2/c1-3-18-21(26(2)22-25-19(14-31-22)15-5-7-16(23)8-6-15)27-13-17(9-10-20(27)24-18)28-11-4-12-32(28,29)30/h5-10,13-14H,3-4,11-12H2,1-2H3. The number of thiazole rings is 1. The van der Waals surface area contributed by atoms with E-state index in [4.69, 9.17) is 9.97 Å². The van der Waals surface area contributed by atoms with Crippen molar-refractivity contribution in [2.24, 2.45) is 0 Å². The minimum atomic E-state index is -3.27. The van der Waals surface area contributed by atoms with Crippen molar-refractivity contribution in [2.45, 2.75) is 19.8 Å². The summed E-state index contributed by atoms with van der Waals surface area (Å²) in [6, 6.07) is 9.93. The fraction of sp³-hybridized carbons (Fsp3) is 0.273. The first-order valence-electron chi connectivity index (χ1n) is 10.3. The first-order chi connectivity index (χ1) is 15.4. The maximum Gasteiger partial charge on any atom is 0.235 e. The smallest absolute Gasteiger partial charge is 0.235 e. The van der Waals surface area contributed by atoms with Gasteiger partial charge in [-0.15, -0.1) is 11.3 Å². The molecule has 1 saturated heterocycles. The second-order valence-corrected chi connectivity index (χ2v) is 10.5. The van der Waals surface area contributed by atoms with Crippen LogP contribution in [0.3, 0.4) is 0 Å². The SMILES string of the molecule is CCc1nc2ccc(N3CCCS3(=O)=O)cn2c1N(C)c1nc(-c2ccc(F)cc2)cs1. The van der Waals surface area contributed by atoms with Gasteiger partial charge in [0.05, 0.1) is 22.8 Å². The van der Waals surface area contributed by atoms with E-state index in [1.165, 1.54) is 27.8 Å². The molecule has 0 atom stereocenters. The number of sulfonamides is 1. The van der Waals surface area contributed by atoms with Crippen LogP contribution >= 0.6 is 11.3 Å². The highest BCUT2D eigenvalue weighted by Crippen LogP contribution is 2.35. The second-order valence-electron chi connectivity index (χ2n) is 7.67. The number of aromatic nitrogens is 3. The van der Waals surface area contributed by atoms with Crippen LogP contribution in [-0.4, -0.2) is 42.1 Å². The minimum Gasteiger partial charge on any atom is -0.305 e. The number of halogens is 1. The topological polar surface area (TPSA) is 70.8 Å². The van der Waals surface area contributed by atoms with Gasteiger partial charge >= 0.3 is 0 Å². The van der Waals surface area contributed by atoms with Crippen LogP contribution in [-0.2, 0) is 16.4 Å². The lowest BCUT2D eigenvalue weighted by Gasteiger charge is -2.20. The zero-order valence-corrected chi connectivity index (χ0v) is 19.3. The van der Waals surface area contributed by atoms with Gasteiger partial charge in [-0.1, -0.05) is 6.92 Å². The molecule has 4 aromatic rings. The molecule has 0 N–H and O–H groups in total. The second kappa shape index (κ2) is 7.86. The summed E-state index contributed by atoms with van der Waals surface area (Å²) >= 11 is 1.49. The summed E-state index contributed by atoms with van der Waals surface area (Å²) in [7, 11) is -1.35. The van der Waals surface area contributed by atoms with Gasteiger partial charge in [-0.05, 0) is 49.2 Å².